The van der Waals surface area contributed by atoms with Crippen molar-refractivity contribution in [3.8, 4) is 0 Å². The Labute approximate surface area is 185 Å². The first-order valence-corrected chi connectivity index (χ1v) is 10.6. The number of methoxy groups -OCH3 is 1. The molecule has 5 rings (SSSR count). The van der Waals surface area contributed by atoms with Gasteiger partial charge in [0.1, 0.15) is 5.58 Å². The predicted molar refractivity (Wildman–Crippen MR) is 120 cm³/mol. The molecule has 2 heterocycles. The Morgan fingerprint density at radius 2 is 1.90 bits per heavy atom. The van der Waals surface area contributed by atoms with E-state index in [-0.39, 0.29) is 22.9 Å². The van der Waals surface area contributed by atoms with E-state index in [1.54, 1.807) is 6.07 Å². The number of nitrogens with one attached hydrogen (secondary N) is 1. The molecule has 0 spiro atoms. The molecule has 1 atom stereocenters. The number of esters is 1. The number of allylic oxidation sites excluding steroid dienone is 2. The second-order valence-corrected chi connectivity index (χ2v) is 9.42. The summed E-state index contributed by atoms with van der Waals surface area (Å²) in [6.45, 7) is 4.23. The molecular formula is C25H22ClNO4. The lowest BCUT2D eigenvalue weighted by Crippen LogP contribution is -2.33. The first-order valence-electron chi connectivity index (χ1n) is 10.2. The van der Waals surface area contributed by atoms with Crippen molar-refractivity contribution in [1.29, 1.82) is 0 Å². The van der Waals surface area contributed by atoms with Gasteiger partial charge in [0.05, 0.1) is 7.11 Å². The Balaban J connectivity index is 1.78. The fourth-order valence-electron chi connectivity index (χ4n) is 4.83. The molecule has 158 valence electrons. The smallest absolute Gasteiger partial charge is 0.373 e. The lowest BCUT2D eigenvalue weighted by molar-refractivity contribution is -0.118. The summed E-state index contributed by atoms with van der Waals surface area (Å²) in [6.07, 6.45) is 1.27. The molecule has 2 aromatic carbocycles. The molecule has 1 aliphatic carbocycles. The number of hydrogen-bond donors (Lipinski definition) is 1. The van der Waals surface area contributed by atoms with E-state index in [0.717, 1.165) is 39.9 Å². The van der Waals surface area contributed by atoms with Crippen LogP contribution in [0.15, 0.2) is 58.2 Å². The van der Waals surface area contributed by atoms with Gasteiger partial charge in [0.25, 0.3) is 0 Å². The third kappa shape index (κ3) is 3.24. The zero-order valence-corrected chi connectivity index (χ0v) is 18.3. The topological polar surface area (TPSA) is 68.5 Å². The summed E-state index contributed by atoms with van der Waals surface area (Å²) >= 11 is 6.15. The molecule has 5 nitrogen and oxygen atoms in total. The van der Waals surface area contributed by atoms with Crippen molar-refractivity contribution in [2.45, 2.75) is 32.6 Å². The molecule has 3 aromatic rings. The Kier molecular flexibility index (Phi) is 4.48. The molecule has 0 bridgehead atoms. The van der Waals surface area contributed by atoms with Gasteiger partial charge in [-0.05, 0) is 53.3 Å². The van der Waals surface area contributed by atoms with Crippen molar-refractivity contribution in [3.63, 3.8) is 0 Å². The molecule has 0 saturated heterocycles. The van der Waals surface area contributed by atoms with E-state index in [1.807, 2.05) is 36.4 Å². The quantitative estimate of drug-likeness (QED) is 0.494. The highest BCUT2D eigenvalue weighted by Gasteiger charge is 2.41. The number of halogens is 1. The number of carbonyl (C=O) groups is 2. The highest BCUT2D eigenvalue weighted by atomic mass is 35.5. The number of carbonyl (C=O) groups excluding carboxylic acids is 2. The van der Waals surface area contributed by atoms with Crippen molar-refractivity contribution in [2.24, 2.45) is 5.41 Å². The number of fused-ring (bicyclic) bond motifs is 3. The number of Topliss-reactive ketones (excluding diaryl/α,β-unsaturated/α-hetero) is 1. The monoisotopic (exact) mass is 435 g/mol. The molecule has 0 fully saturated rings. The van der Waals surface area contributed by atoms with Gasteiger partial charge in [-0.15, -0.1) is 0 Å². The summed E-state index contributed by atoms with van der Waals surface area (Å²) in [5.41, 5.74) is 5.02. The summed E-state index contributed by atoms with van der Waals surface area (Å²) in [5.74, 6) is -0.541. The van der Waals surface area contributed by atoms with Gasteiger partial charge in [0.2, 0.25) is 5.76 Å². The minimum Gasteiger partial charge on any atom is -0.463 e. The molecule has 1 unspecified atom stereocenters. The Hall–Kier alpha value is -3.05. The summed E-state index contributed by atoms with van der Waals surface area (Å²) in [5, 5.41) is 4.94. The normalized spacial score (nSPS) is 19.6. The van der Waals surface area contributed by atoms with E-state index in [4.69, 9.17) is 20.8 Å². The van der Waals surface area contributed by atoms with Gasteiger partial charge in [-0.25, -0.2) is 4.79 Å². The zero-order valence-electron chi connectivity index (χ0n) is 17.5. The fraction of sp³-hybridized carbons (Fsp3) is 0.280. The fourth-order valence-corrected chi connectivity index (χ4v) is 4.96. The van der Waals surface area contributed by atoms with Gasteiger partial charge < -0.3 is 14.5 Å². The summed E-state index contributed by atoms with van der Waals surface area (Å²) < 4.78 is 10.6. The molecule has 1 N–H and O–H groups in total. The van der Waals surface area contributed by atoms with E-state index in [1.165, 1.54) is 7.11 Å². The number of rotatable bonds is 2. The molecule has 1 aromatic heterocycles. The van der Waals surface area contributed by atoms with Gasteiger partial charge in [-0.1, -0.05) is 37.6 Å². The van der Waals surface area contributed by atoms with Crippen molar-refractivity contribution < 1.29 is 18.7 Å². The first-order chi connectivity index (χ1) is 14.8. The molecule has 31 heavy (non-hydrogen) atoms. The van der Waals surface area contributed by atoms with Crippen LogP contribution in [0.25, 0.3) is 11.0 Å². The average molecular weight is 436 g/mol. The zero-order chi connectivity index (χ0) is 21.9. The maximum Gasteiger partial charge on any atom is 0.373 e. The summed E-state index contributed by atoms with van der Waals surface area (Å²) in [7, 11) is 1.32. The van der Waals surface area contributed by atoms with Gasteiger partial charge >= 0.3 is 5.97 Å². The van der Waals surface area contributed by atoms with Crippen molar-refractivity contribution in [3.05, 3.63) is 75.6 Å². The van der Waals surface area contributed by atoms with Gasteiger partial charge in [0.15, 0.2) is 5.78 Å². The lowest BCUT2D eigenvalue weighted by Gasteiger charge is -2.39. The lowest BCUT2D eigenvalue weighted by atomic mass is 9.68. The highest BCUT2D eigenvalue weighted by Crippen LogP contribution is 2.51. The van der Waals surface area contributed by atoms with E-state index in [9.17, 15) is 9.59 Å². The minimum atomic E-state index is -0.535. The Morgan fingerprint density at radius 3 is 2.61 bits per heavy atom. The van der Waals surface area contributed by atoms with Gasteiger partial charge in [0, 0.05) is 39.7 Å². The molecule has 1 aliphatic heterocycles. The number of ether oxygens (including phenoxy) is 1. The molecule has 6 heteroatoms. The largest absolute Gasteiger partial charge is 0.463 e. The third-order valence-corrected chi connectivity index (χ3v) is 6.37. The maximum absolute atomic E-state index is 13.4. The predicted octanol–water partition coefficient (Wildman–Crippen LogP) is 6.07. The Morgan fingerprint density at radius 1 is 1.16 bits per heavy atom. The van der Waals surface area contributed by atoms with Crippen molar-refractivity contribution in [1.82, 2.24) is 0 Å². The number of furan rings is 1. The SMILES string of the molecule is COC(=O)c1cc2c3c(ccc2o1)NC1=C(C(=O)CC(C)(C)C1)C3c1ccc(Cl)cc1. The van der Waals surface area contributed by atoms with Crippen LogP contribution >= 0.6 is 11.6 Å². The third-order valence-electron chi connectivity index (χ3n) is 6.12. The van der Waals surface area contributed by atoms with Crippen LogP contribution in [0.1, 0.15) is 54.3 Å². The minimum absolute atomic E-state index is 0.108. The standard InChI is InChI=1S/C25H22ClNO4/c1-25(2)11-17-23(18(28)12-25)21(13-4-6-14(26)7-5-13)22-15-10-20(24(29)30-3)31-19(15)9-8-16(22)27-17/h4-10,21,27H,11-12H2,1-3H3. The van der Waals surface area contributed by atoms with Crippen LogP contribution in [0.3, 0.4) is 0 Å². The van der Waals surface area contributed by atoms with Crippen LogP contribution in [0.5, 0.6) is 0 Å². The molecule has 0 amide bonds. The average Bonchev–Trinajstić information content (AvgIpc) is 3.16. The summed E-state index contributed by atoms with van der Waals surface area (Å²) in [4.78, 5) is 25.5. The Bertz CT molecular complexity index is 1270. The van der Waals surface area contributed by atoms with E-state index < -0.39 is 5.97 Å². The first kappa shape index (κ1) is 19.9. The van der Waals surface area contributed by atoms with E-state index in [2.05, 4.69) is 19.2 Å². The summed E-state index contributed by atoms with van der Waals surface area (Å²) in [6, 6.07) is 13.1. The van der Waals surface area contributed by atoms with Gasteiger partial charge in [-0.3, -0.25) is 4.79 Å². The van der Waals surface area contributed by atoms with Crippen LogP contribution in [0.4, 0.5) is 5.69 Å². The van der Waals surface area contributed by atoms with Crippen LogP contribution in [-0.4, -0.2) is 18.9 Å². The molecule has 2 aliphatic rings. The van der Waals surface area contributed by atoms with E-state index >= 15 is 0 Å². The van der Waals surface area contributed by atoms with Crippen LogP contribution < -0.4 is 5.32 Å². The highest BCUT2D eigenvalue weighted by molar-refractivity contribution is 6.30. The van der Waals surface area contributed by atoms with Crippen LogP contribution in [0.2, 0.25) is 5.02 Å². The van der Waals surface area contributed by atoms with Crippen LogP contribution in [0, 0.1) is 5.41 Å². The van der Waals surface area contributed by atoms with Crippen molar-refractivity contribution >= 4 is 40.0 Å². The number of benzene rings is 2. The molecular weight excluding hydrogens is 414 g/mol. The van der Waals surface area contributed by atoms with Gasteiger partial charge in [-0.2, -0.15) is 0 Å². The van der Waals surface area contributed by atoms with E-state index in [0.29, 0.717) is 17.0 Å². The van der Waals surface area contributed by atoms with Crippen LogP contribution in [-0.2, 0) is 9.53 Å². The second-order valence-electron chi connectivity index (χ2n) is 8.98. The number of ketones is 1. The molecule has 0 saturated carbocycles. The number of hydrogen-bond acceptors (Lipinski definition) is 5. The van der Waals surface area contributed by atoms with Crippen molar-refractivity contribution in [2.75, 3.05) is 12.4 Å². The molecule has 0 radical (unpaired) electrons. The second kappa shape index (κ2) is 6.99. The maximum atomic E-state index is 13.4. The number of anilines is 1.